The van der Waals surface area contributed by atoms with Crippen molar-refractivity contribution < 1.29 is 0 Å². The summed E-state index contributed by atoms with van der Waals surface area (Å²) < 4.78 is 0. The Labute approximate surface area is 122 Å². The van der Waals surface area contributed by atoms with Gasteiger partial charge in [0.1, 0.15) is 0 Å². The summed E-state index contributed by atoms with van der Waals surface area (Å²) in [6, 6.07) is 9.54. The van der Waals surface area contributed by atoms with Gasteiger partial charge in [-0.05, 0) is 43.9 Å². The fourth-order valence-corrected chi connectivity index (χ4v) is 4.85. The molecule has 1 N–H and O–H groups in total. The van der Waals surface area contributed by atoms with Crippen molar-refractivity contribution >= 4 is 11.8 Å². The van der Waals surface area contributed by atoms with Crippen LogP contribution in [-0.4, -0.2) is 17.8 Å². The minimum Gasteiger partial charge on any atom is -0.313 e. The lowest BCUT2D eigenvalue weighted by Gasteiger charge is -2.44. The van der Waals surface area contributed by atoms with Crippen LogP contribution in [0.2, 0.25) is 0 Å². The van der Waals surface area contributed by atoms with E-state index in [0.717, 1.165) is 6.54 Å². The van der Waals surface area contributed by atoms with Crippen molar-refractivity contribution in [2.24, 2.45) is 5.41 Å². The predicted octanol–water partition coefficient (Wildman–Crippen LogP) is 4.64. The second kappa shape index (κ2) is 6.32. The van der Waals surface area contributed by atoms with Crippen LogP contribution in [0.4, 0.5) is 0 Å². The molecule has 0 saturated heterocycles. The second-order valence-electron chi connectivity index (χ2n) is 6.39. The summed E-state index contributed by atoms with van der Waals surface area (Å²) in [7, 11) is 0. The third-order valence-electron chi connectivity index (χ3n) is 4.22. The zero-order chi connectivity index (χ0) is 13.9. The summed E-state index contributed by atoms with van der Waals surface area (Å²) in [5.41, 5.74) is 1.77. The Morgan fingerprint density at radius 3 is 2.84 bits per heavy atom. The van der Waals surface area contributed by atoms with E-state index in [1.54, 1.807) is 0 Å². The zero-order valence-corrected chi connectivity index (χ0v) is 13.5. The molecule has 0 radical (unpaired) electrons. The lowest BCUT2D eigenvalue weighted by atomic mass is 9.73. The van der Waals surface area contributed by atoms with Gasteiger partial charge in [-0.1, -0.05) is 44.9 Å². The van der Waals surface area contributed by atoms with Crippen LogP contribution in [0, 0.1) is 12.3 Å². The van der Waals surface area contributed by atoms with Gasteiger partial charge in [-0.2, -0.15) is 0 Å². The van der Waals surface area contributed by atoms with Crippen molar-refractivity contribution in [2.45, 2.75) is 63.1 Å². The van der Waals surface area contributed by atoms with Gasteiger partial charge in [-0.15, -0.1) is 11.8 Å². The number of aryl methyl sites for hydroxylation is 1. The first-order valence-corrected chi connectivity index (χ1v) is 8.37. The molecule has 1 nitrogen and oxygen atoms in total. The molecule has 0 amide bonds. The summed E-state index contributed by atoms with van der Waals surface area (Å²) in [5, 5.41) is 4.44. The monoisotopic (exact) mass is 277 g/mol. The van der Waals surface area contributed by atoms with E-state index in [1.807, 2.05) is 0 Å². The van der Waals surface area contributed by atoms with Crippen molar-refractivity contribution in [3.8, 4) is 0 Å². The van der Waals surface area contributed by atoms with Crippen LogP contribution in [0.15, 0.2) is 29.2 Å². The highest BCUT2D eigenvalue weighted by Gasteiger charge is 2.38. The molecule has 0 aliphatic heterocycles. The van der Waals surface area contributed by atoms with Crippen molar-refractivity contribution in [1.29, 1.82) is 0 Å². The molecule has 0 bridgehead atoms. The van der Waals surface area contributed by atoms with Crippen LogP contribution in [0.3, 0.4) is 0 Å². The molecule has 2 heteroatoms. The largest absolute Gasteiger partial charge is 0.313 e. The van der Waals surface area contributed by atoms with Crippen molar-refractivity contribution in [2.75, 3.05) is 6.54 Å². The molecule has 106 valence electrons. The SMILES string of the molecule is CCNC1C(Sc2cccc(C)c2)CCCC1(C)C. The molecule has 1 saturated carbocycles. The smallest absolute Gasteiger partial charge is 0.0253 e. The van der Waals surface area contributed by atoms with E-state index < -0.39 is 0 Å². The summed E-state index contributed by atoms with van der Waals surface area (Å²) in [5.74, 6) is 0. The van der Waals surface area contributed by atoms with Crippen LogP contribution in [0.25, 0.3) is 0 Å². The second-order valence-corrected chi connectivity index (χ2v) is 7.70. The lowest BCUT2D eigenvalue weighted by molar-refractivity contribution is 0.176. The Morgan fingerprint density at radius 2 is 2.16 bits per heavy atom. The molecule has 1 aliphatic rings. The predicted molar refractivity (Wildman–Crippen MR) is 85.9 cm³/mol. The Morgan fingerprint density at radius 1 is 1.37 bits per heavy atom. The first-order chi connectivity index (χ1) is 9.03. The third-order valence-corrected chi connectivity index (χ3v) is 5.56. The average molecular weight is 277 g/mol. The Hall–Kier alpha value is -0.470. The number of hydrogen-bond donors (Lipinski definition) is 1. The maximum atomic E-state index is 3.74. The van der Waals surface area contributed by atoms with Gasteiger partial charge >= 0.3 is 0 Å². The fourth-order valence-electron chi connectivity index (χ4n) is 3.20. The molecule has 0 heterocycles. The van der Waals surface area contributed by atoms with Gasteiger partial charge in [0.05, 0.1) is 0 Å². The molecule has 1 aromatic carbocycles. The first-order valence-electron chi connectivity index (χ1n) is 7.49. The van der Waals surface area contributed by atoms with Crippen LogP contribution in [0.1, 0.15) is 45.6 Å². The number of nitrogens with one attached hydrogen (secondary N) is 1. The molecule has 0 aromatic heterocycles. The Kier molecular flexibility index (Phi) is 4.97. The molecule has 19 heavy (non-hydrogen) atoms. The maximum absolute atomic E-state index is 3.74. The maximum Gasteiger partial charge on any atom is 0.0253 e. The summed E-state index contributed by atoms with van der Waals surface area (Å²) >= 11 is 2.07. The van der Waals surface area contributed by atoms with Gasteiger partial charge in [0.2, 0.25) is 0 Å². The van der Waals surface area contributed by atoms with Gasteiger partial charge in [0.25, 0.3) is 0 Å². The molecular weight excluding hydrogens is 250 g/mol. The summed E-state index contributed by atoms with van der Waals surface area (Å²) in [6.45, 7) is 10.3. The lowest BCUT2D eigenvalue weighted by Crippen LogP contribution is -2.51. The van der Waals surface area contributed by atoms with Gasteiger partial charge in [0.15, 0.2) is 0 Å². The van der Waals surface area contributed by atoms with Crippen LogP contribution < -0.4 is 5.32 Å². The van der Waals surface area contributed by atoms with Gasteiger partial charge in [-0.25, -0.2) is 0 Å². The summed E-state index contributed by atoms with van der Waals surface area (Å²) in [6.07, 6.45) is 4.04. The third kappa shape index (κ3) is 3.76. The van der Waals surface area contributed by atoms with Gasteiger partial charge in [0, 0.05) is 16.2 Å². The van der Waals surface area contributed by atoms with E-state index in [1.165, 1.54) is 29.7 Å². The van der Waals surface area contributed by atoms with E-state index in [-0.39, 0.29) is 0 Å². The van der Waals surface area contributed by atoms with E-state index in [2.05, 4.69) is 69.0 Å². The van der Waals surface area contributed by atoms with E-state index in [4.69, 9.17) is 0 Å². The van der Waals surface area contributed by atoms with Crippen LogP contribution >= 0.6 is 11.8 Å². The summed E-state index contributed by atoms with van der Waals surface area (Å²) in [4.78, 5) is 1.42. The van der Waals surface area contributed by atoms with Gasteiger partial charge < -0.3 is 5.32 Å². The molecule has 1 aliphatic carbocycles. The fraction of sp³-hybridized carbons (Fsp3) is 0.647. The highest BCUT2D eigenvalue weighted by atomic mass is 32.2. The molecule has 0 spiro atoms. The Bertz CT molecular complexity index is 413. The standard InChI is InChI=1S/C17H27NS/c1-5-18-16-15(10-7-11-17(16,3)4)19-14-9-6-8-13(2)12-14/h6,8-9,12,15-16,18H,5,7,10-11H2,1-4H3. The number of benzene rings is 1. The minimum absolute atomic E-state index is 0.412. The average Bonchev–Trinajstić information content (AvgIpc) is 2.33. The van der Waals surface area contributed by atoms with Crippen molar-refractivity contribution in [3.63, 3.8) is 0 Å². The Balaban J connectivity index is 2.12. The van der Waals surface area contributed by atoms with E-state index in [0.29, 0.717) is 16.7 Å². The molecular formula is C17H27NS. The van der Waals surface area contributed by atoms with Crippen LogP contribution in [0.5, 0.6) is 0 Å². The van der Waals surface area contributed by atoms with Crippen molar-refractivity contribution in [3.05, 3.63) is 29.8 Å². The normalized spacial score (nSPS) is 26.3. The first kappa shape index (κ1) is 14.9. The van der Waals surface area contributed by atoms with E-state index >= 15 is 0 Å². The van der Waals surface area contributed by atoms with Crippen molar-refractivity contribution in [1.82, 2.24) is 5.32 Å². The number of hydrogen-bond acceptors (Lipinski definition) is 2. The quantitative estimate of drug-likeness (QED) is 0.860. The molecule has 2 unspecified atom stereocenters. The van der Waals surface area contributed by atoms with E-state index in [9.17, 15) is 0 Å². The molecule has 2 atom stereocenters. The molecule has 1 fully saturated rings. The number of thioether (sulfide) groups is 1. The minimum atomic E-state index is 0.412. The topological polar surface area (TPSA) is 12.0 Å². The van der Waals surface area contributed by atoms with Gasteiger partial charge in [-0.3, -0.25) is 0 Å². The highest BCUT2D eigenvalue weighted by Crippen LogP contribution is 2.42. The highest BCUT2D eigenvalue weighted by molar-refractivity contribution is 8.00. The zero-order valence-electron chi connectivity index (χ0n) is 12.7. The molecule has 1 aromatic rings. The molecule has 2 rings (SSSR count). The van der Waals surface area contributed by atoms with Crippen LogP contribution in [-0.2, 0) is 0 Å². The number of rotatable bonds is 4.